The van der Waals surface area contributed by atoms with E-state index in [-0.39, 0.29) is 10.6 Å². The summed E-state index contributed by atoms with van der Waals surface area (Å²) in [5.74, 6) is -2.36. The van der Waals surface area contributed by atoms with Gasteiger partial charge in [-0.1, -0.05) is 17.7 Å². The van der Waals surface area contributed by atoms with Crippen LogP contribution in [0.15, 0.2) is 45.8 Å². The van der Waals surface area contributed by atoms with E-state index >= 15 is 0 Å². The molecule has 3 nitrogen and oxygen atoms in total. The van der Waals surface area contributed by atoms with Crippen LogP contribution in [-0.4, -0.2) is 8.42 Å². The molecule has 0 aliphatic carbocycles. The lowest BCUT2D eigenvalue weighted by Crippen LogP contribution is -2.13. The van der Waals surface area contributed by atoms with Crippen molar-refractivity contribution < 1.29 is 17.2 Å². The third-order valence-electron chi connectivity index (χ3n) is 2.40. The van der Waals surface area contributed by atoms with E-state index in [1.807, 2.05) is 0 Å². The molecule has 0 atom stereocenters. The maximum Gasteiger partial charge on any atom is 0.262 e. The van der Waals surface area contributed by atoms with E-state index in [0.717, 1.165) is 12.1 Å². The van der Waals surface area contributed by atoms with Crippen molar-refractivity contribution in [3.8, 4) is 0 Å². The number of rotatable bonds is 3. The Morgan fingerprint density at radius 1 is 1.10 bits per heavy atom. The number of halogens is 4. The summed E-state index contributed by atoms with van der Waals surface area (Å²) in [6.07, 6.45) is 0. The lowest BCUT2D eigenvalue weighted by Gasteiger charge is -2.10. The van der Waals surface area contributed by atoms with E-state index in [1.54, 1.807) is 12.1 Å². The number of anilines is 1. The molecule has 0 bridgehead atoms. The standard InChI is InChI=1S/C12H7BrClF2NO2S/c13-12-8(14)2-1-3-11(12)17-20(18,19)7-4-5-9(15)10(16)6-7/h1-6,17H. The fourth-order valence-electron chi connectivity index (χ4n) is 1.43. The highest BCUT2D eigenvalue weighted by atomic mass is 79.9. The third kappa shape index (κ3) is 3.11. The second-order valence-electron chi connectivity index (χ2n) is 3.78. The smallest absolute Gasteiger partial charge is 0.262 e. The molecule has 0 aliphatic heterocycles. The zero-order chi connectivity index (χ0) is 14.9. The molecule has 106 valence electrons. The zero-order valence-corrected chi connectivity index (χ0v) is 12.9. The molecule has 2 aromatic rings. The van der Waals surface area contributed by atoms with Crippen molar-refractivity contribution >= 4 is 43.2 Å². The summed E-state index contributed by atoms with van der Waals surface area (Å²) >= 11 is 8.98. The normalized spacial score (nSPS) is 11.4. The Kier molecular flexibility index (Phi) is 4.31. The summed E-state index contributed by atoms with van der Waals surface area (Å²) in [7, 11) is -4.04. The van der Waals surface area contributed by atoms with Crippen LogP contribution in [0, 0.1) is 11.6 Å². The van der Waals surface area contributed by atoms with Gasteiger partial charge in [0.1, 0.15) is 0 Å². The topological polar surface area (TPSA) is 46.2 Å². The van der Waals surface area contributed by atoms with Gasteiger partial charge in [0.25, 0.3) is 10.0 Å². The molecule has 0 amide bonds. The average Bonchev–Trinajstić information content (AvgIpc) is 2.38. The molecule has 0 unspecified atom stereocenters. The van der Waals surface area contributed by atoms with Crippen molar-refractivity contribution in [2.75, 3.05) is 4.72 Å². The molecular weight excluding hydrogens is 376 g/mol. The van der Waals surface area contributed by atoms with Gasteiger partial charge < -0.3 is 0 Å². The fraction of sp³-hybridized carbons (Fsp3) is 0. The van der Waals surface area contributed by atoms with Crippen molar-refractivity contribution in [2.24, 2.45) is 0 Å². The van der Waals surface area contributed by atoms with E-state index in [9.17, 15) is 17.2 Å². The summed E-state index contributed by atoms with van der Waals surface area (Å²) in [5, 5.41) is 0.315. The number of hydrogen-bond donors (Lipinski definition) is 1. The fourth-order valence-corrected chi connectivity index (χ4v) is 3.18. The molecule has 8 heteroatoms. The lowest BCUT2D eigenvalue weighted by atomic mass is 10.3. The summed E-state index contributed by atoms with van der Waals surface area (Å²) in [5.41, 5.74) is 0.197. The van der Waals surface area contributed by atoms with Crippen LogP contribution in [0.4, 0.5) is 14.5 Å². The molecule has 2 rings (SSSR count). The van der Waals surface area contributed by atoms with Gasteiger partial charge in [0.2, 0.25) is 0 Å². The summed E-state index contributed by atoms with van der Waals surface area (Å²) < 4.78 is 52.6. The van der Waals surface area contributed by atoms with Crippen LogP contribution in [0.3, 0.4) is 0 Å². The lowest BCUT2D eigenvalue weighted by molar-refractivity contribution is 0.504. The Hall–Kier alpha value is -1.18. The quantitative estimate of drug-likeness (QED) is 0.865. The Morgan fingerprint density at radius 2 is 1.80 bits per heavy atom. The molecule has 0 aromatic heterocycles. The molecular formula is C12H7BrClF2NO2S. The first kappa shape index (κ1) is 15.2. The minimum Gasteiger partial charge on any atom is -0.278 e. The van der Waals surface area contributed by atoms with Gasteiger partial charge in [-0.2, -0.15) is 0 Å². The van der Waals surface area contributed by atoms with E-state index < -0.39 is 21.7 Å². The van der Waals surface area contributed by atoms with Crippen LogP contribution in [0.1, 0.15) is 0 Å². The third-order valence-corrected chi connectivity index (χ3v) is 5.16. The Balaban J connectivity index is 2.41. The van der Waals surface area contributed by atoms with E-state index in [0.29, 0.717) is 15.6 Å². The SMILES string of the molecule is O=S(=O)(Nc1cccc(Cl)c1Br)c1ccc(F)c(F)c1. The molecule has 0 saturated carbocycles. The van der Waals surface area contributed by atoms with Gasteiger partial charge in [-0.15, -0.1) is 0 Å². The molecule has 0 radical (unpaired) electrons. The highest BCUT2D eigenvalue weighted by Crippen LogP contribution is 2.31. The maximum absolute atomic E-state index is 13.1. The van der Waals surface area contributed by atoms with Gasteiger partial charge >= 0.3 is 0 Å². The number of benzene rings is 2. The first-order valence-electron chi connectivity index (χ1n) is 5.23. The minimum absolute atomic E-state index is 0.197. The molecule has 0 fully saturated rings. The predicted octanol–water partition coefficient (Wildman–Crippen LogP) is 4.18. The molecule has 0 heterocycles. The molecule has 0 aliphatic rings. The van der Waals surface area contributed by atoms with Gasteiger partial charge in [0.05, 0.1) is 20.1 Å². The van der Waals surface area contributed by atoms with Crippen molar-refractivity contribution in [1.29, 1.82) is 0 Å². The van der Waals surface area contributed by atoms with Crippen LogP contribution in [0.5, 0.6) is 0 Å². The highest BCUT2D eigenvalue weighted by Gasteiger charge is 2.18. The maximum atomic E-state index is 13.1. The summed E-state index contributed by atoms with van der Waals surface area (Å²) in [6, 6.07) is 6.93. The average molecular weight is 383 g/mol. The van der Waals surface area contributed by atoms with Crippen molar-refractivity contribution in [1.82, 2.24) is 0 Å². The molecule has 0 spiro atoms. The number of sulfonamides is 1. The van der Waals surface area contributed by atoms with Crippen molar-refractivity contribution in [3.63, 3.8) is 0 Å². The monoisotopic (exact) mass is 381 g/mol. The number of hydrogen-bond acceptors (Lipinski definition) is 2. The van der Waals surface area contributed by atoms with Crippen LogP contribution in [0.2, 0.25) is 5.02 Å². The highest BCUT2D eigenvalue weighted by molar-refractivity contribution is 9.10. The van der Waals surface area contributed by atoms with Gasteiger partial charge in [-0.3, -0.25) is 4.72 Å². The van der Waals surface area contributed by atoms with E-state index in [1.165, 1.54) is 6.07 Å². The van der Waals surface area contributed by atoms with Crippen molar-refractivity contribution in [2.45, 2.75) is 4.90 Å². The number of nitrogens with one attached hydrogen (secondary N) is 1. The predicted molar refractivity (Wildman–Crippen MR) is 76.3 cm³/mol. The van der Waals surface area contributed by atoms with Gasteiger partial charge in [-0.05, 0) is 46.3 Å². The first-order chi connectivity index (χ1) is 9.31. The van der Waals surface area contributed by atoms with Crippen LogP contribution in [-0.2, 0) is 10.0 Å². The molecule has 20 heavy (non-hydrogen) atoms. The second kappa shape index (κ2) is 5.67. The molecule has 1 N–H and O–H groups in total. The Labute approximate surface area is 127 Å². The summed E-state index contributed by atoms with van der Waals surface area (Å²) in [4.78, 5) is -0.386. The Morgan fingerprint density at radius 3 is 2.45 bits per heavy atom. The van der Waals surface area contributed by atoms with E-state index in [4.69, 9.17) is 11.6 Å². The van der Waals surface area contributed by atoms with Gasteiger partial charge in [0.15, 0.2) is 11.6 Å². The second-order valence-corrected chi connectivity index (χ2v) is 6.67. The van der Waals surface area contributed by atoms with Crippen LogP contribution < -0.4 is 4.72 Å². The first-order valence-corrected chi connectivity index (χ1v) is 7.88. The van der Waals surface area contributed by atoms with Gasteiger partial charge in [0, 0.05) is 0 Å². The van der Waals surface area contributed by atoms with Crippen LogP contribution in [0.25, 0.3) is 0 Å². The molecule has 2 aromatic carbocycles. The van der Waals surface area contributed by atoms with Crippen LogP contribution >= 0.6 is 27.5 Å². The van der Waals surface area contributed by atoms with Crippen molar-refractivity contribution in [3.05, 3.63) is 57.5 Å². The largest absolute Gasteiger partial charge is 0.278 e. The van der Waals surface area contributed by atoms with Gasteiger partial charge in [-0.25, -0.2) is 17.2 Å². The zero-order valence-electron chi connectivity index (χ0n) is 9.70. The minimum atomic E-state index is -4.04. The van der Waals surface area contributed by atoms with E-state index in [2.05, 4.69) is 20.7 Å². The molecule has 0 saturated heterocycles. The summed E-state index contributed by atoms with van der Waals surface area (Å²) in [6.45, 7) is 0. The Bertz CT molecular complexity index is 768.